The van der Waals surface area contributed by atoms with Gasteiger partial charge in [-0.1, -0.05) is 176 Å². The number of methoxy groups -OCH3 is 1. The quantitative estimate of drug-likeness (QED) is 0.108. The van der Waals surface area contributed by atoms with E-state index in [9.17, 15) is 0 Å². The highest BCUT2D eigenvalue weighted by atomic mass is 16.8. The van der Waals surface area contributed by atoms with Crippen LogP contribution in [-0.2, 0) is 30.1 Å². The van der Waals surface area contributed by atoms with E-state index < -0.39 is 40.8 Å². The number of hydrogen-bond acceptors (Lipinski definition) is 8. The van der Waals surface area contributed by atoms with Crippen LogP contribution in [0.25, 0.3) is 11.6 Å². The molecule has 0 amide bonds. The molecule has 2 aliphatic rings. The number of ether oxygens (including phenoxy) is 5. The minimum Gasteiger partial charge on any atom is -0.497 e. The van der Waals surface area contributed by atoms with Gasteiger partial charge >= 0.3 is 0 Å². The molecule has 1 N–H and O–H groups in total. The van der Waals surface area contributed by atoms with Gasteiger partial charge in [-0.15, -0.1) is 0 Å². The van der Waals surface area contributed by atoms with Crippen LogP contribution in [0.5, 0.6) is 5.75 Å². The number of anilines is 1. The number of nitrogens with zero attached hydrogens (tertiary/aromatic N) is 3. The predicted molar refractivity (Wildman–Crippen MR) is 254 cm³/mol. The smallest absolute Gasteiger partial charge is 0.164 e. The van der Waals surface area contributed by atoms with Crippen LogP contribution in [0.2, 0.25) is 0 Å². The Balaban J connectivity index is 1.09. The number of hydrogen-bond donors (Lipinski definition) is 1. The Labute approximate surface area is 380 Å². The molecule has 2 fully saturated rings. The van der Waals surface area contributed by atoms with Crippen molar-refractivity contribution in [1.29, 1.82) is 0 Å². The largest absolute Gasteiger partial charge is 0.497 e. The Morgan fingerprint density at radius 3 is 1.68 bits per heavy atom. The van der Waals surface area contributed by atoms with Crippen LogP contribution in [-0.4, -0.2) is 51.9 Å². The predicted octanol–water partition coefficient (Wildman–Crippen LogP) is 11.1. The Hall–Kier alpha value is -6.88. The first-order valence-electron chi connectivity index (χ1n) is 22.1. The molecule has 0 spiro atoms. The molecule has 10 rings (SSSR count). The first-order valence-corrected chi connectivity index (χ1v) is 22.1. The fourth-order valence-electron chi connectivity index (χ4n) is 10.2. The molecular weight excluding hydrogens is 809 g/mol. The normalized spacial score (nSPS) is 20.3. The summed E-state index contributed by atoms with van der Waals surface area (Å²) in [6.45, 7) is 10.5. The molecule has 0 saturated carbocycles. The summed E-state index contributed by atoms with van der Waals surface area (Å²) in [7, 11) is 1.68. The van der Waals surface area contributed by atoms with Crippen LogP contribution in [0.1, 0.15) is 71.5 Å². The summed E-state index contributed by atoms with van der Waals surface area (Å²) < 4.78 is 35.9. The van der Waals surface area contributed by atoms with Crippen molar-refractivity contribution < 1.29 is 23.7 Å². The molecule has 0 radical (unpaired) electrons. The fraction of sp³-hybridized carbons (Fsp3) is 0.214. The van der Waals surface area contributed by atoms with Gasteiger partial charge in [-0.2, -0.15) is 5.10 Å². The zero-order valence-electron chi connectivity index (χ0n) is 37.0. The molecule has 2 aliphatic heterocycles. The summed E-state index contributed by atoms with van der Waals surface area (Å²) in [5, 5.41) is 8.92. The molecule has 6 aromatic carbocycles. The van der Waals surface area contributed by atoms with Crippen LogP contribution in [0.15, 0.2) is 195 Å². The van der Waals surface area contributed by atoms with Gasteiger partial charge in [0.2, 0.25) is 0 Å². The maximum Gasteiger partial charge on any atom is 0.164 e. The lowest BCUT2D eigenvalue weighted by molar-refractivity contribution is -0.210. The van der Waals surface area contributed by atoms with Gasteiger partial charge in [-0.05, 0) is 72.4 Å². The van der Waals surface area contributed by atoms with Crippen LogP contribution in [0.4, 0.5) is 5.82 Å². The molecule has 2 saturated heterocycles. The van der Waals surface area contributed by atoms with E-state index in [0.717, 1.165) is 55.9 Å². The average Bonchev–Trinajstić information content (AvgIpc) is 3.95. The first-order chi connectivity index (χ1) is 31.7. The Morgan fingerprint density at radius 2 is 1.18 bits per heavy atom. The molecular formula is C56H52N4O5. The fourth-order valence-corrected chi connectivity index (χ4v) is 10.2. The standard InChI is InChI=1S/C56H52N4O5/c1-6-39-36-47(60-49(39)52(57-38-58-60)59-55(40-22-12-7-13-23-40,41-24-14-8-15-25-41)42-32-34-46(61-5)35-33-42)50-54(4)51(64-53(2,3)65-54)48(63-50)37-62-56(43-26-16-9-17-27-43,44-28-18-10-19-29-44)45-30-20-11-21-31-45/h6-36,38,48,50-51H,1,37H2,2-5H3,(H,57,58,59)/t48-,50+,51-,54+/m1/s1. The Morgan fingerprint density at radius 1 is 0.692 bits per heavy atom. The zero-order valence-corrected chi connectivity index (χ0v) is 37.0. The van der Waals surface area contributed by atoms with E-state index in [1.807, 2.05) is 66.9 Å². The summed E-state index contributed by atoms with van der Waals surface area (Å²) in [4.78, 5) is 4.98. The van der Waals surface area contributed by atoms with Crippen molar-refractivity contribution >= 4 is 17.4 Å². The van der Waals surface area contributed by atoms with Crippen molar-refractivity contribution in [2.24, 2.45) is 0 Å². The monoisotopic (exact) mass is 860 g/mol. The van der Waals surface area contributed by atoms with Gasteiger partial charge in [-0.25, -0.2) is 9.50 Å². The van der Waals surface area contributed by atoms with Gasteiger partial charge < -0.3 is 29.0 Å². The van der Waals surface area contributed by atoms with E-state index in [0.29, 0.717) is 5.82 Å². The molecule has 0 bridgehead atoms. The van der Waals surface area contributed by atoms with E-state index in [2.05, 4.69) is 158 Å². The van der Waals surface area contributed by atoms with Crippen LogP contribution in [0, 0.1) is 0 Å². The van der Waals surface area contributed by atoms with Crippen molar-refractivity contribution in [3.05, 3.63) is 240 Å². The Kier molecular flexibility index (Phi) is 11.0. The van der Waals surface area contributed by atoms with Gasteiger partial charge in [0, 0.05) is 5.56 Å². The molecule has 0 unspecified atom stereocenters. The lowest BCUT2D eigenvalue weighted by Crippen LogP contribution is -2.43. The van der Waals surface area contributed by atoms with Crippen LogP contribution >= 0.6 is 0 Å². The third-order valence-electron chi connectivity index (χ3n) is 13.0. The summed E-state index contributed by atoms with van der Waals surface area (Å²) in [6.07, 6.45) is 1.74. The second-order valence-corrected chi connectivity index (χ2v) is 17.3. The summed E-state index contributed by atoms with van der Waals surface area (Å²) >= 11 is 0. The first kappa shape index (κ1) is 42.1. The highest BCUT2D eigenvalue weighted by molar-refractivity contribution is 5.82. The zero-order chi connectivity index (χ0) is 44.7. The van der Waals surface area contributed by atoms with Gasteiger partial charge in [-0.3, -0.25) is 0 Å². The van der Waals surface area contributed by atoms with Gasteiger partial charge in [0.15, 0.2) is 11.6 Å². The minimum absolute atomic E-state index is 0.187. The lowest BCUT2D eigenvalue weighted by atomic mass is 9.77. The minimum atomic E-state index is -0.962. The summed E-state index contributed by atoms with van der Waals surface area (Å²) in [5.41, 5.74) is 5.56. The molecule has 9 heteroatoms. The Bertz CT molecular complexity index is 2760. The van der Waals surface area contributed by atoms with E-state index in [1.165, 1.54) is 0 Å². The number of rotatable bonds is 14. The average molecular weight is 861 g/mol. The third-order valence-corrected chi connectivity index (χ3v) is 13.0. The second kappa shape index (κ2) is 16.9. The molecule has 326 valence electrons. The van der Waals surface area contributed by atoms with Gasteiger partial charge in [0.1, 0.15) is 52.6 Å². The number of aromatic nitrogens is 3. The number of nitrogens with one attached hydrogen (secondary N) is 1. The molecule has 0 aliphatic carbocycles. The molecule has 4 heterocycles. The SMILES string of the molecule is C=Cc1cc([C@@H]2O[C@H](COC(c3ccccc3)(c3ccccc3)c3ccccc3)[C@H]3OC(C)(C)O[C@]32C)n2ncnc(NC(c3ccccc3)(c3ccccc3)c3ccc(OC)cc3)c12. The van der Waals surface area contributed by atoms with Crippen LogP contribution in [0.3, 0.4) is 0 Å². The molecule has 9 nitrogen and oxygen atoms in total. The van der Waals surface area contributed by atoms with Crippen molar-refractivity contribution in [2.75, 3.05) is 19.0 Å². The van der Waals surface area contributed by atoms with E-state index in [-0.39, 0.29) is 6.61 Å². The molecule has 2 aromatic heterocycles. The summed E-state index contributed by atoms with van der Waals surface area (Å²) in [6, 6.07) is 62.2. The topological polar surface area (TPSA) is 88.4 Å². The molecule has 8 aromatic rings. The molecule has 65 heavy (non-hydrogen) atoms. The van der Waals surface area contributed by atoms with Crippen molar-refractivity contribution in [3.8, 4) is 5.75 Å². The van der Waals surface area contributed by atoms with E-state index >= 15 is 0 Å². The van der Waals surface area contributed by atoms with Gasteiger partial charge in [0.05, 0.1) is 19.4 Å². The highest BCUT2D eigenvalue weighted by Crippen LogP contribution is 2.54. The second-order valence-electron chi connectivity index (χ2n) is 17.3. The summed E-state index contributed by atoms with van der Waals surface area (Å²) in [5.74, 6) is 0.457. The maximum absolute atomic E-state index is 7.38. The maximum atomic E-state index is 7.38. The lowest BCUT2D eigenvalue weighted by Gasteiger charge is -2.37. The van der Waals surface area contributed by atoms with Crippen molar-refractivity contribution in [1.82, 2.24) is 14.6 Å². The van der Waals surface area contributed by atoms with Crippen LogP contribution < -0.4 is 10.1 Å². The highest BCUT2D eigenvalue weighted by Gasteiger charge is 2.65. The third kappa shape index (κ3) is 7.21. The van der Waals surface area contributed by atoms with Gasteiger partial charge in [0.25, 0.3) is 0 Å². The van der Waals surface area contributed by atoms with Crippen molar-refractivity contribution in [3.63, 3.8) is 0 Å². The van der Waals surface area contributed by atoms with E-state index in [1.54, 1.807) is 13.4 Å². The molecule has 4 atom stereocenters. The number of benzene rings is 6. The number of fused-ring (bicyclic) bond motifs is 2. The van der Waals surface area contributed by atoms with Crippen molar-refractivity contribution in [2.45, 2.75) is 61.6 Å². The van der Waals surface area contributed by atoms with E-state index in [4.69, 9.17) is 33.8 Å².